The van der Waals surface area contributed by atoms with Crippen LogP contribution in [0.2, 0.25) is 0 Å². The van der Waals surface area contributed by atoms with Gasteiger partial charge in [0, 0.05) is 0 Å². The topological polar surface area (TPSA) is 72.8 Å². The molecular weight excluding hydrogens is 296 g/mol. The maximum atomic E-state index is 10.4. The van der Waals surface area contributed by atoms with Gasteiger partial charge in [-0.15, -0.1) is 0 Å². The van der Waals surface area contributed by atoms with Gasteiger partial charge in [-0.2, -0.15) is 0 Å². The molecule has 2 aromatic carbocycles. The van der Waals surface area contributed by atoms with Gasteiger partial charge in [0.05, 0.1) is 0 Å². The van der Waals surface area contributed by atoms with Gasteiger partial charge in [-0.1, -0.05) is 36.4 Å². The number of benzene rings is 2. The number of ether oxygens (including phenoxy) is 2. The van der Waals surface area contributed by atoms with Crippen LogP contribution < -0.4 is 9.47 Å². The van der Waals surface area contributed by atoms with Crippen molar-refractivity contribution in [3.05, 3.63) is 59.7 Å². The molecule has 0 aliphatic carbocycles. The van der Waals surface area contributed by atoms with E-state index >= 15 is 0 Å². The van der Waals surface area contributed by atoms with Crippen LogP contribution in [-0.2, 0) is 9.59 Å². The van der Waals surface area contributed by atoms with Crippen molar-refractivity contribution in [3.63, 3.8) is 0 Å². The van der Waals surface area contributed by atoms with Gasteiger partial charge in [-0.25, -0.2) is 4.79 Å². The number of aliphatic carboxylic acids is 1. The maximum absolute atomic E-state index is 10.4. The lowest BCUT2D eigenvalue weighted by Crippen LogP contribution is -2.09. The molecule has 0 saturated carbocycles. The molecule has 0 aliphatic rings. The van der Waals surface area contributed by atoms with Crippen LogP contribution in [0.4, 0.5) is 0 Å². The zero-order valence-electron chi connectivity index (χ0n) is 12.3. The normalized spacial score (nSPS) is 10.4. The SMILES string of the molecule is O=CCOc1ccc(/C=C/c2ccc(OCC(=O)O)cc2)cc1. The van der Waals surface area contributed by atoms with Crippen LogP contribution in [0.5, 0.6) is 11.5 Å². The molecule has 0 fully saturated rings. The second-order valence-electron chi connectivity index (χ2n) is 4.63. The highest BCUT2D eigenvalue weighted by molar-refractivity contribution is 5.70. The number of rotatable bonds is 8. The average Bonchev–Trinajstić information content (AvgIpc) is 2.58. The minimum absolute atomic E-state index is 0.0471. The second kappa shape index (κ2) is 8.38. The summed E-state index contributed by atoms with van der Waals surface area (Å²) < 4.78 is 10.2. The first-order chi connectivity index (χ1) is 11.2. The summed E-state index contributed by atoms with van der Waals surface area (Å²) in [6, 6.07) is 14.5. The van der Waals surface area contributed by atoms with E-state index in [1.54, 1.807) is 24.3 Å². The lowest BCUT2D eigenvalue weighted by Gasteiger charge is -2.03. The number of hydrogen-bond donors (Lipinski definition) is 1. The standard InChI is InChI=1S/C18H16O5/c19-11-12-22-16-7-3-14(4-8-16)1-2-15-5-9-17(10-6-15)23-13-18(20)21/h1-11H,12-13H2,(H,20,21)/b2-1+. The summed E-state index contributed by atoms with van der Waals surface area (Å²) in [7, 11) is 0. The zero-order valence-corrected chi connectivity index (χ0v) is 12.3. The second-order valence-corrected chi connectivity index (χ2v) is 4.63. The first kappa shape index (κ1) is 16.3. The largest absolute Gasteiger partial charge is 0.486 e. The van der Waals surface area contributed by atoms with E-state index in [0.717, 1.165) is 11.1 Å². The van der Waals surface area contributed by atoms with E-state index < -0.39 is 5.97 Å². The summed E-state index contributed by atoms with van der Waals surface area (Å²) in [6.45, 7) is -0.306. The molecule has 0 aromatic heterocycles. The average molecular weight is 312 g/mol. The molecule has 5 nitrogen and oxygen atoms in total. The van der Waals surface area contributed by atoms with Crippen molar-refractivity contribution in [2.45, 2.75) is 0 Å². The van der Waals surface area contributed by atoms with Crippen molar-refractivity contribution in [1.29, 1.82) is 0 Å². The Labute approximate surface area is 133 Å². The number of aldehydes is 1. The molecule has 0 atom stereocenters. The molecule has 0 aliphatic heterocycles. The first-order valence-electron chi connectivity index (χ1n) is 6.96. The minimum atomic E-state index is -1.01. The smallest absolute Gasteiger partial charge is 0.341 e. The Bertz CT molecular complexity index is 672. The van der Waals surface area contributed by atoms with Crippen LogP contribution in [0, 0.1) is 0 Å². The number of carboxylic acids is 1. The van der Waals surface area contributed by atoms with E-state index in [2.05, 4.69) is 0 Å². The highest BCUT2D eigenvalue weighted by Crippen LogP contribution is 2.16. The van der Waals surface area contributed by atoms with Crippen molar-refractivity contribution in [3.8, 4) is 11.5 Å². The van der Waals surface area contributed by atoms with Crippen molar-refractivity contribution in [1.82, 2.24) is 0 Å². The number of hydrogen-bond acceptors (Lipinski definition) is 4. The molecule has 118 valence electrons. The highest BCUT2D eigenvalue weighted by Gasteiger charge is 1.98. The van der Waals surface area contributed by atoms with Gasteiger partial charge >= 0.3 is 5.97 Å². The monoisotopic (exact) mass is 312 g/mol. The van der Waals surface area contributed by atoms with Crippen molar-refractivity contribution in [2.24, 2.45) is 0 Å². The van der Waals surface area contributed by atoms with E-state index in [0.29, 0.717) is 17.8 Å². The molecule has 2 rings (SSSR count). The quantitative estimate of drug-likeness (QED) is 0.599. The minimum Gasteiger partial charge on any atom is -0.486 e. The first-order valence-corrected chi connectivity index (χ1v) is 6.96. The van der Waals surface area contributed by atoms with E-state index in [-0.39, 0.29) is 13.2 Å². The fourth-order valence-electron chi connectivity index (χ4n) is 1.82. The fourth-order valence-corrected chi connectivity index (χ4v) is 1.82. The Morgan fingerprint density at radius 2 is 1.35 bits per heavy atom. The van der Waals surface area contributed by atoms with E-state index in [1.807, 2.05) is 36.4 Å². The Balaban J connectivity index is 1.94. The van der Waals surface area contributed by atoms with Crippen LogP contribution in [0.1, 0.15) is 11.1 Å². The molecule has 0 amide bonds. The van der Waals surface area contributed by atoms with Gasteiger partial charge in [0.15, 0.2) is 12.9 Å². The van der Waals surface area contributed by atoms with Gasteiger partial charge in [-0.3, -0.25) is 4.79 Å². The molecule has 0 unspecified atom stereocenters. The summed E-state index contributed by atoms with van der Waals surface area (Å²) in [4.78, 5) is 20.6. The third kappa shape index (κ3) is 5.67. The predicted octanol–water partition coefficient (Wildman–Crippen LogP) is 2.90. The third-order valence-corrected chi connectivity index (χ3v) is 2.91. The van der Waals surface area contributed by atoms with Crippen LogP contribution in [-0.4, -0.2) is 30.6 Å². The molecule has 2 aromatic rings. The third-order valence-electron chi connectivity index (χ3n) is 2.91. The van der Waals surface area contributed by atoms with E-state index in [9.17, 15) is 9.59 Å². The molecule has 1 N–H and O–H groups in total. The number of carbonyl (C=O) groups excluding carboxylic acids is 1. The van der Waals surface area contributed by atoms with E-state index in [1.165, 1.54) is 0 Å². The zero-order chi connectivity index (χ0) is 16.5. The molecule has 0 radical (unpaired) electrons. The van der Waals surface area contributed by atoms with Crippen molar-refractivity contribution >= 4 is 24.4 Å². The van der Waals surface area contributed by atoms with Gasteiger partial charge in [0.2, 0.25) is 0 Å². The van der Waals surface area contributed by atoms with Gasteiger partial charge in [0.1, 0.15) is 18.1 Å². The van der Waals surface area contributed by atoms with Crippen LogP contribution >= 0.6 is 0 Å². The van der Waals surface area contributed by atoms with Crippen molar-refractivity contribution in [2.75, 3.05) is 13.2 Å². The Morgan fingerprint density at radius 3 is 1.78 bits per heavy atom. The molecular formula is C18H16O5. The van der Waals surface area contributed by atoms with Gasteiger partial charge in [-0.05, 0) is 35.4 Å². The Kier molecular flexibility index (Phi) is 5.94. The van der Waals surface area contributed by atoms with E-state index in [4.69, 9.17) is 14.6 Å². The molecule has 5 heteroatoms. The lowest BCUT2D eigenvalue weighted by atomic mass is 10.1. The number of carboxylic acid groups (broad SMARTS) is 1. The van der Waals surface area contributed by atoms with Gasteiger partial charge in [0.25, 0.3) is 0 Å². The summed E-state index contributed by atoms with van der Waals surface area (Å²) in [5.74, 6) is 0.157. The van der Waals surface area contributed by atoms with Crippen LogP contribution in [0.25, 0.3) is 12.2 Å². The highest BCUT2D eigenvalue weighted by atomic mass is 16.5. The Hall–Kier alpha value is -3.08. The summed E-state index contributed by atoms with van der Waals surface area (Å²) in [5.41, 5.74) is 1.96. The maximum Gasteiger partial charge on any atom is 0.341 e. The summed E-state index contributed by atoms with van der Waals surface area (Å²) in [5, 5.41) is 8.54. The molecule has 0 saturated heterocycles. The lowest BCUT2D eigenvalue weighted by molar-refractivity contribution is -0.139. The predicted molar refractivity (Wildman–Crippen MR) is 86.5 cm³/mol. The molecule has 0 heterocycles. The fraction of sp³-hybridized carbons (Fsp3) is 0.111. The Morgan fingerprint density at radius 1 is 0.870 bits per heavy atom. The summed E-state index contributed by atoms with van der Waals surface area (Å²) in [6.07, 6.45) is 4.58. The molecule has 0 bridgehead atoms. The van der Waals surface area contributed by atoms with Crippen LogP contribution in [0.15, 0.2) is 48.5 Å². The van der Waals surface area contributed by atoms with Crippen molar-refractivity contribution < 1.29 is 24.2 Å². The van der Waals surface area contributed by atoms with Gasteiger partial charge < -0.3 is 14.6 Å². The molecule has 0 spiro atoms. The summed E-state index contributed by atoms with van der Waals surface area (Å²) >= 11 is 0. The molecule has 23 heavy (non-hydrogen) atoms. The van der Waals surface area contributed by atoms with Crippen LogP contribution in [0.3, 0.4) is 0 Å². The number of carbonyl (C=O) groups is 2.